The number of hydrogen-bond donors (Lipinski definition) is 2. The SMILES string of the molecule is Cl.NCCC#Cc1cccc2c1CN(C1CCC(=O)NC1=O)C2=O. The topological polar surface area (TPSA) is 92.5 Å². The van der Waals surface area contributed by atoms with Gasteiger partial charge < -0.3 is 10.6 Å². The fourth-order valence-corrected chi connectivity index (χ4v) is 2.93. The highest BCUT2D eigenvalue weighted by atomic mass is 35.5. The lowest BCUT2D eigenvalue weighted by molar-refractivity contribution is -0.136. The third-order valence-corrected chi connectivity index (χ3v) is 4.07. The number of carbonyl (C=O) groups excluding carboxylic acids is 3. The zero-order chi connectivity index (χ0) is 16.4. The van der Waals surface area contributed by atoms with Gasteiger partial charge in [-0.15, -0.1) is 12.4 Å². The van der Waals surface area contributed by atoms with Crippen molar-refractivity contribution in [3.8, 4) is 11.8 Å². The van der Waals surface area contributed by atoms with Crippen molar-refractivity contribution in [3.63, 3.8) is 0 Å². The van der Waals surface area contributed by atoms with E-state index in [2.05, 4.69) is 17.2 Å². The monoisotopic (exact) mass is 347 g/mol. The molecule has 0 radical (unpaired) electrons. The fourth-order valence-electron chi connectivity index (χ4n) is 2.93. The largest absolute Gasteiger partial charge is 0.330 e. The highest BCUT2D eigenvalue weighted by molar-refractivity contribution is 6.05. The van der Waals surface area contributed by atoms with Crippen LogP contribution in [0, 0.1) is 11.8 Å². The first kappa shape index (κ1) is 18.0. The molecule has 0 spiro atoms. The van der Waals surface area contributed by atoms with Crippen molar-refractivity contribution in [3.05, 3.63) is 34.9 Å². The predicted octanol–water partition coefficient (Wildman–Crippen LogP) is 0.570. The first-order valence-electron chi connectivity index (χ1n) is 7.57. The molecule has 6 nitrogen and oxygen atoms in total. The molecular weight excluding hydrogens is 330 g/mol. The van der Waals surface area contributed by atoms with Gasteiger partial charge >= 0.3 is 0 Å². The fraction of sp³-hybridized carbons (Fsp3) is 0.353. The maximum atomic E-state index is 12.6. The number of halogens is 1. The maximum Gasteiger partial charge on any atom is 0.255 e. The molecule has 24 heavy (non-hydrogen) atoms. The Morgan fingerprint density at radius 1 is 1.29 bits per heavy atom. The first-order valence-corrected chi connectivity index (χ1v) is 7.57. The Kier molecular flexibility index (Phi) is 5.60. The van der Waals surface area contributed by atoms with E-state index in [4.69, 9.17) is 5.73 Å². The van der Waals surface area contributed by atoms with Crippen molar-refractivity contribution in [2.24, 2.45) is 5.73 Å². The average molecular weight is 348 g/mol. The summed E-state index contributed by atoms with van der Waals surface area (Å²) >= 11 is 0. The Hall–Kier alpha value is -2.36. The van der Waals surface area contributed by atoms with E-state index in [1.807, 2.05) is 6.07 Å². The average Bonchev–Trinajstić information content (AvgIpc) is 2.86. The Labute approximate surface area is 146 Å². The van der Waals surface area contributed by atoms with Crippen molar-refractivity contribution < 1.29 is 14.4 Å². The summed E-state index contributed by atoms with van der Waals surface area (Å²) in [5.74, 6) is 5.14. The van der Waals surface area contributed by atoms with Crippen LogP contribution < -0.4 is 11.1 Å². The molecule has 0 saturated carbocycles. The number of fused-ring (bicyclic) bond motifs is 1. The number of piperidine rings is 1. The predicted molar refractivity (Wildman–Crippen MR) is 90.3 cm³/mol. The summed E-state index contributed by atoms with van der Waals surface area (Å²) in [6.07, 6.45) is 1.20. The summed E-state index contributed by atoms with van der Waals surface area (Å²) in [7, 11) is 0. The van der Waals surface area contributed by atoms with Crippen molar-refractivity contribution in [2.75, 3.05) is 6.54 Å². The molecule has 1 saturated heterocycles. The molecule has 1 aromatic rings. The van der Waals surface area contributed by atoms with Crippen LogP contribution in [0.5, 0.6) is 0 Å². The Morgan fingerprint density at radius 2 is 2.08 bits per heavy atom. The molecule has 3 amide bonds. The Balaban J connectivity index is 0.00000208. The number of nitrogens with two attached hydrogens (primary N) is 1. The van der Waals surface area contributed by atoms with Gasteiger partial charge in [0.05, 0.1) is 0 Å². The van der Waals surface area contributed by atoms with Crippen LogP contribution in [0.15, 0.2) is 18.2 Å². The van der Waals surface area contributed by atoms with Crippen molar-refractivity contribution in [2.45, 2.75) is 31.8 Å². The summed E-state index contributed by atoms with van der Waals surface area (Å²) in [5.41, 5.74) is 7.65. The van der Waals surface area contributed by atoms with Gasteiger partial charge in [-0.2, -0.15) is 0 Å². The van der Waals surface area contributed by atoms with E-state index in [-0.39, 0.29) is 30.6 Å². The van der Waals surface area contributed by atoms with Gasteiger partial charge in [-0.05, 0) is 24.1 Å². The molecule has 3 N–H and O–H groups in total. The molecular formula is C17H18ClN3O3. The Morgan fingerprint density at radius 3 is 2.79 bits per heavy atom. The van der Waals surface area contributed by atoms with Crippen LogP contribution in [-0.4, -0.2) is 35.2 Å². The van der Waals surface area contributed by atoms with Crippen molar-refractivity contribution in [1.29, 1.82) is 0 Å². The number of nitrogens with zero attached hydrogens (tertiary/aromatic N) is 1. The van der Waals surface area contributed by atoms with Gasteiger partial charge in [0.25, 0.3) is 5.91 Å². The van der Waals surface area contributed by atoms with E-state index in [0.717, 1.165) is 11.1 Å². The van der Waals surface area contributed by atoms with Crippen LogP contribution in [-0.2, 0) is 16.1 Å². The molecule has 0 aliphatic carbocycles. The molecule has 126 valence electrons. The third kappa shape index (κ3) is 3.28. The second kappa shape index (κ2) is 7.47. The number of amides is 3. The van der Waals surface area contributed by atoms with Crippen molar-refractivity contribution in [1.82, 2.24) is 10.2 Å². The second-order valence-electron chi connectivity index (χ2n) is 5.57. The lowest BCUT2D eigenvalue weighted by atomic mass is 10.0. The summed E-state index contributed by atoms with van der Waals surface area (Å²) in [4.78, 5) is 37.4. The van der Waals surface area contributed by atoms with Crippen LogP contribution in [0.2, 0.25) is 0 Å². The first-order chi connectivity index (χ1) is 11.1. The minimum atomic E-state index is -0.600. The number of benzene rings is 1. The molecule has 2 aliphatic heterocycles. The molecule has 1 aromatic carbocycles. The van der Waals surface area contributed by atoms with Gasteiger partial charge in [0.1, 0.15) is 6.04 Å². The van der Waals surface area contributed by atoms with Crippen LogP contribution >= 0.6 is 12.4 Å². The molecule has 0 aromatic heterocycles. The van der Waals surface area contributed by atoms with Gasteiger partial charge in [0.2, 0.25) is 11.8 Å². The van der Waals surface area contributed by atoms with E-state index in [9.17, 15) is 14.4 Å². The molecule has 7 heteroatoms. The molecule has 1 unspecified atom stereocenters. The molecule has 2 heterocycles. The maximum absolute atomic E-state index is 12.6. The zero-order valence-electron chi connectivity index (χ0n) is 13.0. The van der Waals surface area contributed by atoms with E-state index >= 15 is 0 Å². The van der Waals surface area contributed by atoms with Crippen LogP contribution in [0.3, 0.4) is 0 Å². The van der Waals surface area contributed by atoms with Gasteiger partial charge in [-0.25, -0.2) is 0 Å². The normalized spacial score (nSPS) is 19.1. The lowest BCUT2D eigenvalue weighted by Crippen LogP contribution is -2.52. The summed E-state index contributed by atoms with van der Waals surface area (Å²) in [6, 6.07) is 4.80. The van der Waals surface area contributed by atoms with E-state index in [0.29, 0.717) is 31.5 Å². The lowest BCUT2D eigenvalue weighted by Gasteiger charge is -2.29. The van der Waals surface area contributed by atoms with Crippen LogP contribution in [0.25, 0.3) is 0 Å². The summed E-state index contributed by atoms with van der Waals surface area (Å²) in [5, 5.41) is 2.30. The third-order valence-electron chi connectivity index (χ3n) is 4.07. The Bertz CT molecular complexity index is 751. The number of nitrogens with one attached hydrogen (secondary N) is 1. The molecule has 3 rings (SSSR count). The van der Waals surface area contributed by atoms with Crippen molar-refractivity contribution >= 4 is 30.1 Å². The van der Waals surface area contributed by atoms with Crippen LogP contribution in [0.1, 0.15) is 40.7 Å². The standard InChI is InChI=1S/C17H17N3O3.ClH/c18-9-2-1-4-11-5-3-6-12-13(11)10-20(17(12)23)14-7-8-15(21)19-16(14)22;/h3,5-6,14H,2,7-10,18H2,(H,19,21,22);1H. The number of imide groups is 1. The highest BCUT2D eigenvalue weighted by Gasteiger charge is 2.39. The minimum Gasteiger partial charge on any atom is -0.330 e. The molecule has 1 fully saturated rings. The van der Waals surface area contributed by atoms with Crippen LogP contribution in [0.4, 0.5) is 0 Å². The zero-order valence-corrected chi connectivity index (χ0v) is 13.8. The minimum absolute atomic E-state index is 0. The summed E-state index contributed by atoms with van der Waals surface area (Å²) < 4.78 is 0. The number of rotatable bonds is 2. The highest BCUT2D eigenvalue weighted by Crippen LogP contribution is 2.29. The number of carbonyl (C=O) groups is 3. The quantitative estimate of drug-likeness (QED) is 0.604. The molecule has 1 atom stereocenters. The van der Waals surface area contributed by atoms with Gasteiger partial charge in [0, 0.05) is 37.1 Å². The summed E-state index contributed by atoms with van der Waals surface area (Å²) in [6.45, 7) is 0.831. The van der Waals surface area contributed by atoms with Gasteiger partial charge in [-0.1, -0.05) is 17.9 Å². The smallest absolute Gasteiger partial charge is 0.255 e. The molecule has 0 bridgehead atoms. The van der Waals surface area contributed by atoms with E-state index in [1.54, 1.807) is 12.1 Å². The molecule has 2 aliphatic rings. The van der Waals surface area contributed by atoms with Gasteiger partial charge in [0.15, 0.2) is 0 Å². The van der Waals surface area contributed by atoms with Gasteiger partial charge in [-0.3, -0.25) is 19.7 Å². The van der Waals surface area contributed by atoms with E-state index in [1.165, 1.54) is 4.90 Å². The second-order valence-corrected chi connectivity index (χ2v) is 5.57. The van der Waals surface area contributed by atoms with E-state index < -0.39 is 11.9 Å². The number of hydrogen-bond acceptors (Lipinski definition) is 4.